The third-order valence-electron chi connectivity index (χ3n) is 4.90. The number of amides is 4. The number of nitrogens with zero attached hydrogens (tertiary/aromatic N) is 2. The van der Waals surface area contributed by atoms with E-state index >= 15 is 0 Å². The van der Waals surface area contributed by atoms with Crippen molar-refractivity contribution < 1.29 is 14.4 Å². The maximum atomic E-state index is 12.8. The number of nitrogens with one attached hydrogen (secondary N) is 2. The van der Waals surface area contributed by atoms with Crippen LogP contribution in [-0.2, 0) is 9.59 Å². The predicted octanol–water partition coefficient (Wildman–Crippen LogP) is 2.13. The Morgan fingerprint density at radius 3 is 2.73 bits per heavy atom. The van der Waals surface area contributed by atoms with Gasteiger partial charge in [-0.1, -0.05) is 18.0 Å². The number of urea groups is 1. The van der Waals surface area contributed by atoms with Crippen LogP contribution in [0.4, 0.5) is 10.5 Å². The summed E-state index contributed by atoms with van der Waals surface area (Å²) >= 11 is 1.27. The van der Waals surface area contributed by atoms with Crippen molar-refractivity contribution in [1.82, 2.24) is 14.5 Å². The number of anilines is 1. The molecular weight excluding hydrogens is 352 g/mol. The lowest BCUT2D eigenvalue weighted by molar-refractivity contribution is -0.132. The van der Waals surface area contributed by atoms with E-state index in [1.54, 1.807) is 5.41 Å². The number of imide groups is 1. The van der Waals surface area contributed by atoms with E-state index in [-0.39, 0.29) is 24.4 Å². The van der Waals surface area contributed by atoms with Crippen LogP contribution in [0.2, 0.25) is 0 Å². The lowest BCUT2D eigenvalue weighted by Gasteiger charge is -2.38. The van der Waals surface area contributed by atoms with Gasteiger partial charge in [0.1, 0.15) is 12.6 Å². The second kappa shape index (κ2) is 6.44. The summed E-state index contributed by atoms with van der Waals surface area (Å²) in [6, 6.07) is 4.69. The molecule has 0 spiro atoms. The molecule has 2 fully saturated rings. The van der Waals surface area contributed by atoms with E-state index in [1.165, 1.54) is 21.7 Å². The number of rotatable bonds is 4. The minimum absolute atomic E-state index is 0.0331. The van der Waals surface area contributed by atoms with Crippen molar-refractivity contribution in [3.8, 4) is 0 Å². The van der Waals surface area contributed by atoms with E-state index in [4.69, 9.17) is 0 Å². The molecule has 2 heterocycles. The average molecular weight is 372 g/mol. The summed E-state index contributed by atoms with van der Waals surface area (Å²) in [6.07, 6.45) is 1.66. The Labute approximate surface area is 155 Å². The molecule has 8 heteroatoms. The fourth-order valence-electron chi connectivity index (χ4n) is 3.15. The first-order valence-corrected chi connectivity index (χ1v) is 9.46. The van der Waals surface area contributed by atoms with Crippen molar-refractivity contribution in [2.75, 3.05) is 11.9 Å². The summed E-state index contributed by atoms with van der Waals surface area (Å²) in [6.45, 7) is 3.87. The molecule has 4 amide bonds. The van der Waals surface area contributed by atoms with Gasteiger partial charge in [-0.05, 0) is 49.9 Å². The Kier molecular flexibility index (Phi) is 4.24. The zero-order valence-electron chi connectivity index (χ0n) is 14.6. The fraction of sp³-hybridized carbons (Fsp3) is 0.389. The molecule has 1 unspecified atom stereocenters. The highest BCUT2D eigenvalue weighted by Gasteiger charge is 2.50. The van der Waals surface area contributed by atoms with Gasteiger partial charge in [0.05, 0.1) is 5.70 Å². The maximum Gasteiger partial charge on any atom is 0.331 e. The van der Waals surface area contributed by atoms with Crippen LogP contribution >= 0.6 is 11.9 Å². The molecule has 2 N–H and O–H groups in total. The monoisotopic (exact) mass is 372 g/mol. The highest BCUT2D eigenvalue weighted by molar-refractivity contribution is 8.00. The van der Waals surface area contributed by atoms with Gasteiger partial charge in [-0.3, -0.25) is 19.4 Å². The van der Waals surface area contributed by atoms with Crippen molar-refractivity contribution in [1.29, 1.82) is 0 Å². The highest BCUT2D eigenvalue weighted by Crippen LogP contribution is 2.36. The first-order chi connectivity index (χ1) is 12.5. The van der Waals surface area contributed by atoms with Crippen molar-refractivity contribution in [2.45, 2.75) is 38.8 Å². The van der Waals surface area contributed by atoms with Crippen molar-refractivity contribution >= 4 is 35.5 Å². The summed E-state index contributed by atoms with van der Waals surface area (Å²) in [5.41, 5.74) is 3.48. The number of carbonyl (C=O) groups is 3. The van der Waals surface area contributed by atoms with Crippen LogP contribution in [0.1, 0.15) is 24.0 Å². The molecule has 1 atom stereocenters. The van der Waals surface area contributed by atoms with E-state index in [9.17, 15) is 14.4 Å². The van der Waals surface area contributed by atoms with Gasteiger partial charge in [-0.15, -0.1) is 0 Å². The number of fused-ring (bicyclic) bond motifs is 1. The molecule has 1 saturated carbocycles. The van der Waals surface area contributed by atoms with Crippen LogP contribution in [-0.4, -0.2) is 46.3 Å². The Bertz CT molecular complexity index is 834. The third-order valence-corrected chi connectivity index (χ3v) is 5.63. The summed E-state index contributed by atoms with van der Waals surface area (Å²) in [5.74, 6) is -0.511. The molecule has 0 aromatic heterocycles. The second-order valence-electron chi connectivity index (χ2n) is 6.87. The fourth-order valence-corrected chi connectivity index (χ4v) is 3.96. The van der Waals surface area contributed by atoms with Gasteiger partial charge in [-0.25, -0.2) is 9.52 Å². The normalized spacial score (nSPS) is 22.4. The summed E-state index contributed by atoms with van der Waals surface area (Å²) in [4.78, 5) is 40.6. The zero-order chi connectivity index (χ0) is 18.4. The van der Waals surface area contributed by atoms with Gasteiger partial charge in [0, 0.05) is 17.1 Å². The van der Waals surface area contributed by atoms with Gasteiger partial charge in [0.25, 0.3) is 5.91 Å². The quantitative estimate of drug-likeness (QED) is 0.792. The first kappa shape index (κ1) is 17.1. The van der Waals surface area contributed by atoms with Crippen molar-refractivity contribution in [2.24, 2.45) is 0 Å². The molecule has 3 aliphatic rings. The van der Waals surface area contributed by atoms with E-state index in [1.807, 2.05) is 32.0 Å². The van der Waals surface area contributed by atoms with Gasteiger partial charge in [0.15, 0.2) is 0 Å². The number of hydrogen-bond acceptors (Lipinski definition) is 5. The molecule has 7 nitrogen and oxygen atoms in total. The van der Waals surface area contributed by atoms with Gasteiger partial charge in [-0.2, -0.15) is 0 Å². The number of hydrogen-bond donors (Lipinski definition) is 2. The molecule has 26 heavy (non-hydrogen) atoms. The smallest absolute Gasteiger partial charge is 0.325 e. The topological polar surface area (TPSA) is 81.8 Å². The molecule has 1 aromatic rings. The molecule has 2 aliphatic heterocycles. The minimum atomic E-state index is -0.562. The van der Waals surface area contributed by atoms with Crippen LogP contribution < -0.4 is 10.0 Å². The highest BCUT2D eigenvalue weighted by atomic mass is 32.2. The Balaban J connectivity index is 1.51. The lowest BCUT2D eigenvalue weighted by Crippen LogP contribution is -2.60. The van der Waals surface area contributed by atoms with Gasteiger partial charge in [0.2, 0.25) is 5.91 Å². The SMILES string of the molecule is Cc1ccc(NC(=O)CN2C(=O)N(C3CC3)C(=O)C3NSC=C32)cc1C. The molecule has 1 aliphatic carbocycles. The molecule has 1 saturated heterocycles. The first-order valence-electron chi connectivity index (χ1n) is 8.58. The molecule has 0 radical (unpaired) electrons. The molecule has 1 aromatic carbocycles. The Morgan fingerprint density at radius 1 is 1.27 bits per heavy atom. The van der Waals surface area contributed by atoms with Crippen LogP contribution in [0.5, 0.6) is 0 Å². The van der Waals surface area contributed by atoms with Crippen LogP contribution in [0.15, 0.2) is 29.3 Å². The van der Waals surface area contributed by atoms with E-state index in [0.29, 0.717) is 11.4 Å². The molecular formula is C18H20N4O3S. The van der Waals surface area contributed by atoms with Crippen LogP contribution in [0, 0.1) is 13.8 Å². The van der Waals surface area contributed by atoms with Crippen LogP contribution in [0.25, 0.3) is 0 Å². The second-order valence-corrected chi connectivity index (χ2v) is 7.57. The van der Waals surface area contributed by atoms with Gasteiger partial charge < -0.3 is 5.32 Å². The summed E-state index contributed by atoms with van der Waals surface area (Å²) in [7, 11) is 0. The van der Waals surface area contributed by atoms with Crippen molar-refractivity contribution in [3.05, 3.63) is 40.4 Å². The van der Waals surface area contributed by atoms with Crippen molar-refractivity contribution in [3.63, 3.8) is 0 Å². The van der Waals surface area contributed by atoms with E-state index < -0.39 is 12.1 Å². The number of aryl methyl sites for hydroxylation is 2. The molecule has 0 bridgehead atoms. The average Bonchev–Trinajstić information content (AvgIpc) is 3.30. The molecule has 136 valence electrons. The lowest BCUT2D eigenvalue weighted by atomic mass is 10.1. The summed E-state index contributed by atoms with van der Waals surface area (Å²) < 4.78 is 3.02. The van der Waals surface area contributed by atoms with E-state index in [2.05, 4.69) is 10.0 Å². The van der Waals surface area contributed by atoms with E-state index in [0.717, 1.165) is 24.0 Å². The standard InChI is InChI=1S/C18H20N4O3S/c1-10-3-4-12(7-11(10)2)19-15(23)8-21-14-9-26-20-16(14)17(24)22(18(21)25)13-5-6-13/h3-4,7,9,13,16,20H,5-6,8H2,1-2H3,(H,19,23). The number of benzene rings is 1. The minimum Gasteiger partial charge on any atom is -0.325 e. The third kappa shape index (κ3) is 2.99. The number of carbonyl (C=O) groups excluding carboxylic acids is 3. The maximum absolute atomic E-state index is 12.8. The summed E-state index contributed by atoms with van der Waals surface area (Å²) in [5, 5.41) is 4.57. The Hall–Kier alpha value is -2.32. The zero-order valence-corrected chi connectivity index (χ0v) is 15.4. The predicted molar refractivity (Wildman–Crippen MR) is 99.1 cm³/mol. The largest absolute Gasteiger partial charge is 0.331 e. The van der Waals surface area contributed by atoms with Gasteiger partial charge >= 0.3 is 6.03 Å². The molecule has 4 rings (SSSR count). The Morgan fingerprint density at radius 2 is 2.04 bits per heavy atom. The van der Waals surface area contributed by atoms with Crippen LogP contribution in [0.3, 0.4) is 0 Å².